The smallest absolute Gasteiger partial charge is 0.464 e. The van der Waals surface area contributed by atoms with Crippen molar-refractivity contribution in [1.29, 1.82) is 0 Å². The zero-order valence-electron chi connectivity index (χ0n) is 19.8. The predicted octanol–water partition coefficient (Wildman–Crippen LogP) is 3.67. The Morgan fingerprint density at radius 3 is 1.88 bits per heavy atom. The molecule has 0 saturated carbocycles. The molecule has 33 heavy (non-hydrogen) atoms. The molecule has 1 aromatic carbocycles. The average Bonchev–Trinajstić information content (AvgIpc) is 2.61. The Bertz CT molecular complexity index is 872. The van der Waals surface area contributed by atoms with E-state index in [1.807, 2.05) is 0 Å². The monoisotopic (exact) mass is 470 g/mol. The zero-order chi connectivity index (χ0) is 25.4. The van der Waals surface area contributed by atoms with Crippen molar-refractivity contribution < 1.29 is 47.3 Å². The summed E-state index contributed by atoms with van der Waals surface area (Å²) in [6, 6.07) is 0.642. The van der Waals surface area contributed by atoms with Crippen LogP contribution >= 0.6 is 0 Å². The molecule has 0 aliphatic rings. The van der Waals surface area contributed by atoms with Crippen LogP contribution in [-0.4, -0.2) is 48.5 Å². The summed E-state index contributed by atoms with van der Waals surface area (Å²) in [5, 5.41) is 2.25. The molecule has 0 aromatic heterocycles. The van der Waals surface area contributed by atoms with E-state index in [2.05, 4.69) is 5.32 Å². The lowest BCUT2D eigenvalue weighted by Gasteiger charge is -2.21. The molecule has 1 amide bonds. The van der Waals surface area contributed by atoms with Gasteiger partial charge in [0.25, 0.3) is 0 Å². The molecule has 1 aromatic rings. The van der Waals surface area contributed by atoms with Crippen LogP contribution in [0.5, 0.6) is 11.5 Å². The number of benzene rings is 1. The standard InChI is InChI=1S/C22H30FNO9/c1-8-29-18(26)15(24-12-25)9-13-10-16(30-19(27)32-21(2,3)4)17(11-14(13)23)31-20(28)33-22(5,6)7/h10-12,15H,8-9H2,1-7H3,(H,24,25)/t15-/m0/s1/i23-1. The van der Waals surface area contributed by atoms with Crippen LogP contribution in [0.2, 0.25) is 0 Å². The molecule has 0 bridgehead atoms. The van der Waals surface area contributed by atoms with Crippen LogP contribution in [0.4, 0.5) is 14.0 Å². The van der Waals surface area contributed by atoms with Crippen molar-refractivity contribution in [2.24, 2.45) is 0 Å². The van der Waals surface area contributed by atoms with Gasteiger partial charge in [0.05, 0.1) is 6.61 Å². The minimum absolute atomic E-state index is 0.0496. The Morgan fingerprint density at radius 1 is 0.970 bits per heavy atom. The molecule has 0 heterocycles. The molecule has 0 unspecified atom stereocenters. The highest BCUT2D eigenvalue weighted by Crippen LogP contribution is 2.32. The van der Waals surface area contributed by atoms with E-state index in [-0.39, 0.29) is 30.8 Å². The maximum Gasteiger partial charge on any atom is 0.514 e. The van der Waals surface area contributed by atoms with E-state index >= 15 is 0 Å². The number of halogens is 1. The number of esters is 1. The third kappa shape index (κ3) is 10.2. The van der Waals surface area contributed by atoms with Gasteiger partial charge in [-0.3, -0.25) is 4.79 Å². The Hall–Kier alpha value is -3.37. The van der Waals surface area contributed by atoms with Crippen molar-refractivity contribution in [3.8, 4) is 11.5 Å². The molecule has 0 spiro atoms. The second-order valence-corrected chi connectivity index (χ2v) is 8.82. The van der Waals surface area contributed by atoms with Gasteiger partial charge in [0.2, 0.25) is 6.41 Å². The zero-order valence-corrected chi connectivity index (χ0v) is 19.8. The lowest BCUT2D eigenvalue weighted by molar-refractivity contribution is -0.146. The molecule has 10 nitrogen and oxygen atoms in total. The van der Waals surface area contributed by atoms with Crippen molar-refractivity contribution in [3.63, 3.8) is 0 Å². The van der Waals surface area contributed by atoms with Crippen LogP contribution in [-0.2, 0) is 30.2 Å². The molecule has 0 aliphatic heterocycles. The molecule has 1 N–H and O–H groups in total. The second-order valence-electron chi connectivity index (χ2n) is 8.82. The summed E-state index contributed by atoms with van der Waals surface area (Å²) in [5.41, 5.74) is -1.91. The molecular weight excluding hydrogens is 440 g/mol. The molecule has 184 valence electrons. The van der Waals surface area contributed by atoms with E-state index in [1.165, 1.54) is 0 Å². The molecule has 1 atom stereocenters. The first kappa shape index (κ1) is 27.7. The summed E-state index contributed by atoms with van der Waals surface area (Å²) in [6.45, 7) is 11.3. The first-order valence-corrected chi connectivity index (χ1v) is 10.2. The lowest BCUT2D eigenvalue weighted by atomic mass is 10.0. The van der Waals surface area contributed by atoms with Crippen molar-refractivity contribution in [2.45, 2.75) is 72.1 Å². The Labute approximate surface area is 191 Å². The van der Waals surface area contributed by atoms with E-state index in [0.29, 0.717) is 0 Å². The SMILES string of the molecule is CCOC(=O)[C@H](Cc1cc(OC(=O)OC(C)(C)C)c(OC(=O)OC(C)(C)C)cc1[18F])NC=O. The molecule has 0 saturated heterocycles. The van der Waals surface area contributed by atoms with E-state index < -0.39 is 47.1 Å². The van der Waals surface area contributed by atoms with E-state index in [0.717, 1.165) is 12.1 Å². The van der Waals surface area contributed by atoms with Crippen LogP contribution in [0.15, 0.2) is 12.1 Å². The topological polar surface area (TPSA) is 126 Å². The summed E-state index contributed by atoms with van der Waals surface area (Å²) < 4.78 is 40.0. The number of rotatable bonds is 8. The number of hydrogen-bond acceptors (Lipinski definition) is 9. The number of carbonyl (C=O) groups excluding carboxylic acids is 4. The lowest BCUT2D eigenvalue weighted by Crippen LogP contribution is -2.39. The van der Waals surface area contributed by atoms with E-state index in [9.17, 15) is 23.6 Å². The van der Waals surface area contributed by atoms with Crippen LogP contribution in [0, 0.1) is 5.82 Å². The largest absolute Gasteiger partial charge is 0.514 e. The highest BCUT2D eigenvalue weighted by molar-refractivity contribution is 5.78. The molecule has 1 rings (SSSR count). The third-order valence-corrected chi connectivity index (χ3v) is 3.54. The first-order valence-electron chi connectivity index (χ1n) is 10.2. The van der Waals surface area contributed by atoms with Crippen molar-refractivity contribution in [2.75, 3.05) is 6.61 Å². The second kappa shape index (κ2) is 11.5. The summed E-state index contributed by atoms with van der Waals surface area (Å²) in [6.07, 6.45) is -2.35. The maximum atomic E-state index is 14.8. The predicted molar refractivity (Wildman–Crippen MR) is 113 cm³/mol. The maximum absolute atomic E-state index is 14.8. The summed E-state index contributed by atoms with van der Waals surface area (Å²) in [5.74, 6) is -2.49. The minimum atomic E-state index is -1.20. The average molecular weight is 470 g/mol. The Balaban J connectivity index is 3.32. The van der Waals surface area contributed by atoms with Crippen molar-refractivity contribution >= 4 is 24.7 Å². The number of ether oxygens (including phenoxy) is 5. The number of carbonyl (C=O) groups is 4. The van der Waals surface area contributed by atoms with Crippen LogP contribution in [0.1, 0.15) is 54.0 Å². The Morgan fingerprint density at radius 2 is 1.45 bits per heavy atom. The van der Waals surface area contributed by atoms with Crippen molar-refractivity contribution in [1.82, 2.24) is 5.32 Å². The fraction of sp³-hybridized carbons (Fsp3) is 0.545. The minimum Gasteiger partial charge on any atom is -0.464 e. The summed E-state index contributed by atoms with van der Waals surface area (Å²) in [4.78, 5) is 47.2. The van der Waals surface area contributed by atoms with Gasteiger partial charge in [0.1, 0.15) is 23.1 Å². The van der Waals surface area contributed by atoms with Gasteiger partial charge in [-0.15, -0.1) is 0 Å². The molecule has 0 fully saturated rings. The van der Waals surface area contributed by atoms with Crippen molar-refractivity contribution in [3.05, 3.63) is 23.5 Å². The highest BCUT2D eigenvalue weighted by Gasteiger charge is 2.27. The molecular formula is C22H30FNO9. The van der Waals surface area contributed by atoms with Gasteiger partial charge in [-0.1, -0.05) is 0 Å². The van der Waals surface area contributed by atoms with E-state index in [1.54, 1.807) is 48.5 Å². The molecule has 11 heteroatoms. The van der Waals surface area contributed by atoms with Gasteiger partial charge in [-0.05, 0) is 60.1 Å². The fourth-order valence-corrected chi connectivity index (χ4v) is 2.37. The van der Waals surface area contributed by atoms with Gasteiger partial charge in [0, 0.05) is 12.5 Å². The molecule has 0 radical (unpaired) electrons. The molecule has 0 aliphatic carbocycles. The normalized spacial score (nSPS) is 12.2. The van der Waals surface area contributed by atoms with E-state index in [4.69, 9.17) is 23.7 Å². The van der Waals surface area contributed by atoms with Gasteiger partial charge in [-0.25, -0.2) is 18.8 Å². The van der Waals surface area contributed by atoms with Crippen LogP contribution in [0.25, 0.3) is 0 Å². The highest BCUT2D eigenvalue weighted by atomic mass is 18.2. The summed E-state index contributed by atoms with van der Waals surface area (Å²) >= 11 is 0. The number of nitrogens with one attached hydrogen (secondary N) is 1. The first-order chi connectivity index (χ1) is 15.1. The van der Waals surface area contributed by atoms with Gasteiger partial charge >= 0.3 is 18.3 Å². The summed E-state index contributed by atoms with van der Waals surface area (Å²) in [7, 11) is 0. The number of hydrogen-bond donors (Lipinski definition) is 1. The van der Waals surface area contributed by atoms with Gasteiger partial charge < -0.3 is 29.0 Å². The van der Waals surface area contributed by atoms with Crippen LogP contribution < -0.4 is 14.8 Å². The Kier molecular flexibility index (Phi) is 9.63. The van der Waals surface area contributed by atoms with Gasteiger partial charge in [-0.2, -0.15) is 0 Å². The number of amides is 1. The fourth-order valence-electron chi connectivity index (χ4n) is 2.37. The van der Waals surface area contributed by atoms with Gasteiger partial charge in [0.15, 0.2) is 11.5 Å². The third-order valence-electron chi connectivity index (χ3n) is 3.54. The quantitative estimate of drug-likeness (QED) is 0.262. The van der Waals surface area contributed by atoms with Crippen LogP contribution in [0.3, 0.4) is 0 Å².